The van der Waals surface area contributed by atoms with Gasteiger partial charge in [0.2, 0.25) is 8.38 Å². The van der Waals surface area contributed by atoms with Gasteiger partial charge in [0.25, 0.3) is 0 Å². The number of hydrogen-bond acceptors (Lipinski definition) is 5. The molecule has 3 rings (SSSR count). The van der Waals surface area contributed by atoms with Crippen molar-refractivity contribution in [2.45, 2.75) is 18.7 Å². The number of benzene rings is 2. The molecule has 0 fully saturated rings. The lowest BCUT2D eigenvalue weighted by Crippen LogP contribution is -2.07. The smallest absolute Gasteiger partial charge is 0.310 e. The summed E-state index contributed by atoms with van der Waals surface area (Å²) in [6.07, 6.45) is 2.88. The van der Waals surface area contributed by atoms with Crippen LogP contribution >= 0.6 is 18.6 Å². The number of nitrogens with zero attached hydrogens (tertiary/aromatic N) is 2. The van der Waals surface area contributed by atoms with E-state index in [-0.39, 0.29) is 11.5 Å². The SMILES string of the molecule is CCOP(OCC)c1ccc(-c2nccnc2Nc2ccc(S(F)(F)(F)(F)F)cc2)cc1. The van der Waals surface area contributed by atoms with Gasteiger partial charge >= 0.3 is 10.2 Å². The van der Waals surface area contributed by atoms with Crippen LogP contribution in [0.4, 0.5) is 30.9 Å². The van der Waals surface area contributed by atoms with E-state index in [0.29, 0.717) is 36.6 Å². The van der Waals surface area contributed by atoms with Crippen molar-refractivity contribution in [3.8, 4) is 11.3 Å². The summed E-state index contributed by atoms with van der Waals surface area (Å²) in [5.41, 5.74) is 1.29. The Morgan fingerprint density at radius 3 is 1.91 bits per heavy atom. The van der Waals surface area contributed by atoms with Crippen molar-refractivity contribution in [1.82, 2.24) is 9.97 Å². The number of halogens is 5. The van der Waals surface area contributed by atoms with Gasteiger partial charge in [-0.1, -0.05) is 31.6 Å². The van der Waals surface area contributed by atoms with E-state index in [1.165, 1.54) is 12.4 Å². The van der Waals surface area contributed by atoms with Gasteiger partial charge in [-0.25, -0.2) is 4.98 Å². The molecule has 0 radical (unpaired) electrons. The van der Waals surface area contributed by atoms with E-state index in [0.717, 1.165) is 17.4 Å². The molecule has 0 aliphatic heterocycles. The lowest BCUT2D eigenvalue weighted by molar-refractivity contribution is 0.277. The number of nitrogens with one attached hydrogen (secondary N) is 1. The van der Waals surface area contributed by atoms with Crippen LogP contribution in [0.25, 0.3) is 11.3 Å². The molecule has 0 aliphatic carbocycles. The monoisotopic (exact) mass is 493 g/mol. The molecule has 174 valence electrons. The average molecular weight is 493 g/mol. The zero-order valence-corrected chi connectivity index (χ0v) is 18.9. The third-order valence-corrected chi connectivity index (χ3v) is 6.97. The van der Waals surface area contributed by atoms with E-state index in [9.17, 15) is 19.4 Å². The lowest BCUT2D eigenvalue weighted by Gasteiger charge is -2.40. The second-order valence-corrected chi connectivity index (χ2v) is 10.5. The standard InChI is InChI=1S/C20H21F5N3O2PS/c1-3-29-31(30-4-2)17-9-5-15(6-10-17)19-20(27-14-13-26-19)28-16-7-11-18(12-8-16)32(21,22,23,24)25/h5-14H,3-4H2,1-2H3,(H,27,28). The highest BCUT2D eigenvalue weighted by Gasteiger charge is 2.65. The minimum absolute atomic E-state index is 0.158. The molecule has 5 nitrogen and oxygen atoms in total. The third-order valence-electron chi connectivity index (χ3n) is 4.10. The summed E-state index contributed by atoms with van der Waals surface area (Å²) in [5, 5.41) is 3.71. The highest BCUT2D eigenvalue weighted by atomic mass is 32.5. The van der Waals surface area contributed by atoms with Crippen LogP contribution in [0.1, 0.15) is 13.8 Å². The van der Waals surface area contributed by atoms with Crippen molar-refractivity contribution in [2.75, 3.05) is 18.5 Å². The van der Waals surface area contributed by atoms with Crippen LogP contribution < -0.4 is 10.6 Å². The number of anilines is 2. The van der Waals surface area contributed by atoms with Crippen molar-refractivity contribution >= 4 is 35.4 Å². The molecule has 0 amide bonds. The quantitative estimate of drug-likeness (QED) is 0.246. The van der Waals surface area contributed by atoms with Crippen LogP contribution in [0.5, 0.6) is 0 Å². The molecule has 2 aromatic carbocycles. The molecular formula is C20H21F5N3O2PS. The predicted octanol–water partition coefficient (Wildman–Crippen LogP) is 7.55. The molecular weight excluding hydrogens is 472 g/mol. The minimum atomic E-state index is -9.72. The fraction of sp³-hybridized carbons (Fsp3) is 0.200. The van der Waals surface area contributed by atoms with E-state index < -0.39 is 23.5 Å². The van der Waals surface area contributed by atoms with Gasteiger partial charge < -0.3 is 14.4 Å². The van der Waals surface area contributed by atoms with Crippen molar-refractivity contribution in [3.05, 3.63) is 60.9 Å². The maximum Gasteiger partial charge on any atom is 0.310 e. The third kappa shape index (κ3) is 6.13. The normalized spacial score (nSPS) is 14.1. The fourth-order valence-electron chi connectivity index (χ4n) is 2.73. The highest BCUT2D eigenvalue weighted by molar-refractivity contribution is 8.45. The van der Waals surface area contributed by atoms with Crippen molar-refractivity contribution in [2.24, 2.45) is 0 Å². The zero-order valence-electron chi connectivity index (χ0n) is 17.1. The Balaban J connectivity index is 1.85. The van der Waals surface area contributed by atoms with Gasteiger partial charge in [0, 0.05) is 28.9 Å². The summed E-state index contributed by atoms with van der Waals surface area (Å²) in [7, 11) is -10.9. The molecule has 0 bridgehead atoms. The molecule has 0 saturated heterocycles. The van der Waals surface area contributed by atoms with Crippen LogP contribution in [0.3, 0.4) is 0 Å². The first-order chi connectivity index (χ1) is 14.9. The molecule has 1 N–H and O–H groups in total. The Morgan fingerprint density at radius 1 is 0.812 bits per heavy atom. The Kier molecular flexibility index (Phi) is 6.50. The van der Waals surface area contributed by atoms with Crippen LogP contribution in [-0.4, -0.2) is 23.2 Å². The van der Waals surface area contributed by atoms with Gasteiger partial charge in [0.15, 0.2) is 5.82 Å². The van der Waals surface area contributed by atoms with Crippen molar-refractivity contribution < 1.29 is 28.5 Å². The van der Waals surface area contributed by atoms with Gasteiger partial charge in [-0.15, -0.1) is 0 Å². The zero-order chi connectivity index (χ0) is 23.5. The summed E-state index contributed by atoms with van der Waals surface area (Å²) < 4.78 is 75.9. The van der Waals surface area contributed by atoms with Crippen LogP contribution in [0, 0.1) is 0 Å². The second kappa shape index (κ2) is 8.55. The van der Waals surface area contributed by atoms with E-state index >= 15 is 0 Å². The number of rotatable bonds is 9. The predicted molar refractivity (Wildman–Crippen MR) is 118 cm³/mol. The van der Waals surface area contributed by atoms with E-state index in [2.05, 4.69) is 15.3 Å². The molecule has 0 atom stereocenters. The average Bonchev–Trinajstić information content (AvgIpc) is 2.73. The van der Waals surface area contributed by atoms with Gasteiger partial charge in [-0.2, -0.15) is 0 Å². The first-order valence-corrected chi connectivity index (χ1v) is 12.6. The topological polar surface area (TPSA) is 56.3 Å². The maximum absolute atomic E-state index is 12.9. The first kappa shape index (κ1) is 24.3. The Bertz CT molecular complexity index is 1060. The first-order valence-electron chi connectivity index (χ1n) is 9.50. The summed E-state index contributed by atoms with van der Waals surface area (Å²) in [4.78, 5) is 6.52. The molecule has 0 saturated carbocycles. The van der Waals surface area contributed by atoms with Crippen molar-refractivity contribution in [1.29, 1.82) is 0 Å². The lowest BCUT2D eigenvalue weighted by atomic mass is 10.1. The Hall–Kier alpha value is -2.33. The maximum atomic E-state index is 12.9. The van der Waals surface area contributed by atoms with E-state index in [1.807, 2.05) is 26.0 Å². The van der Waals surface area contributed by atoms with Crippen LogP contribution in [0.15, 0.2) is 65.8 Å². The molecule has 1 aromatic heterocycles. The van der Waals surface area contributed by atoms with E-state index in [1.54, 1.807) is 12.1 Å². The second-order valence-electron chi connectivity index (χ2n) is 6.51. The number of aromatic nitrogens is 2. The van der Waals surface area contributed by atoms with Crippen molar-refractivity contribution in [3.63, 3.8) is 0 Å². The molecule has 0 aliphatic rings. The molecule has 1 heterocycles. The van der Waals surface area contributed by atoms with Gasteiger partial charge in [-0.3, -0.25) is 4.98 Å². The molecule has 12 heteroatoms. The van der Waals surface area contributed by atoms with Crippen LogP contribution in [0.2, 0.25) is 0 Å². The summed E-state index contributed by atoms with van der Waals surface area (Å²) in [5.74, 6) is 0.261. The summed E-state index contributed by atoms with van der Waals surface area (Å²) in [6.45, 7) is 4.77. The highest BCUT2D eigenvalue weighted by Crippen LogP contribution is 3.02. The fourth-order valence-corrected chi connectivity index (χ4v) is 4.62. The van der Waals surface area contributed by atoms with Gasteiger partial charge in [-0.05, 0) is 50.2 Å². The summed E-state index contributed by atoms with van der Waals surface area (Å²) in [6, 6.07) is 9.82. The van der Waals surface area contributed by atoms with E-state index in [4.69, 9.17) is 9.05 Å². The Labute approximate surface area is 183 Å². The largest absolute Gasteiger partial charge is 0.338 e. The van der Waals surface area contributed by atoms with Gasteiger partial charge in [0.1, 0.15) is 10.6 Å². The van der Waals surface area contributed by atoms with Gasteiger partial charge in [0.05, 0.1) is 13.2 Å². The molecule has 32 heavy (non-hydrogen) atoms. The molecule has 0 spiro atoms. The van der Waals surface area contributed by atoms with Crippen LogP contribution in [-0.2, 0) is 9.05 Å². The summed E-state index contributed by atoms with van der Waals surface area (Å²) >= 11 is 0. The molecule has 0 unspecified atom stereocenters. The molecule has 3 aromatic rings. The number of hydrogen-bond donors (Lipinski definition) is 1. The Morgan fingerprint density at radius 2 is 1.38 bits per heavy atom. The minimum Gasteiger partial charge on any atom is -0.338 e.